The lowest BCUT2D eigenvalue weighted by atomic mass is 9.93. The smallest absolute Gasteiger partial charge is 0.335 e. The van der Waals surface area contributed by atoms with Crippen LogP contribution in [0.2, 0.25) is 0 Å². The van der Waals surface area contributed by atoms with E-state index in [2.05, 4.69) is 64.5 Å². The van der Waals surface area contributed by atoms with E-state index in [1.165, 1.54) is 12.0 Å². The molecule has 3 aromatic carbocycles. The predicted octanol–water partition coefficient (Wildman–Crippen LogP) is 8.14. The van der Waals surface area contributed by atoms with Crippen LogP contribution in [0.4, 0.5) is 0 Å². The van der Waals surface area contributed by atoms with Gasteiger partial charge in [0.25, 0.3) is 0 Å². The zero-order chi connectivity index (χ0) is 24.9. The van der Waals surface area contributed by atoms with Gasteiger partial charge in [-0.1, -0.05) is 88.7 Å². The molecule has 1 unspecified atom stereocenters. The molecule has 0 aliphatic heterocycles. The van der Waals surface area contributed by atoms with Crippen LogP contribution in [0.25, 0.3) is 6.08 Å². The molecule has 184 valence electrons. The summed E-state index contributed by atoms with van der Waals surface area (Å²) in [6.45, 7) is 2.58. The molecule has 3 nitrogen and oxygen atoms in total. The third kappa shape index (κ3) is 9.03. The van der Waals surface area contributed by atoms with Gasteiger partial charge >= 0.3 is 5.97 Å². The highest BCUT2D eigenvalue weighted by molar-refractivity contribution is 9.09. The van der Waals surface area contributed by atoms with Gasteiger partial charge in [0.1, 0.15) is 5.75 Å². The van der Waals surface area contributed by atoms with Crippen molar-refractivity contribution in [2.24, 2.45) is 5.92 Å². The van der Waals surface area contributed by atoms with Gasteiger partial charge in [0, 0.05) is 10.9 Å². The van der Waals surface area contributed by atoms with E-state index in [4.69, 9.17) is 4.74 Å². The van der Waals surface area contributed by atoms with Crippen molar-refractivity contribution < 1.29 is 14.6 Å². The first-order chi connectivity index (χ1) is 17.1. The molecule has 0 aromatic heterocycles. The van der Waals surface area contributed by atoms with Crippen molar-refractivity contribution in [3.63, 3.8) is 0 Å². The number of carboxylic acids is 1. The normalized spacial score (nSPS) is 12.1. The first kappa shape index (κ1) is 26.7. The van der Waals surface area contributed by atoms with Crippen molar-refractivity contribution in [2.75, 3.05) is 11.9 Å². The van der Waals surface area contributed by atoms with Gasteiger partial charge in [-0.15, -0.1) is 0 Å². The number of carbonyl (C=O) groups is 1. The Labute approximate surface area is 218 Å². The molecule has 0 aliphatic carbocycles. The molecule has 0 amide bonds. The van der Waals surface area contributed by atoms with Crippen LogP contribution < -0.4 is 4.74 Å². The highest BCUT2D eigenvalue weighted by Crippen LogP contribution is 2.24. The number of unbranched alkanes of at least 4 members (excludes halogenated alkanes) is 2. The van der Waals surface area contributed by atoms with Crippen molar-refractivity contribution in [2.45, 2.75) is 45.4 Å². The molecule has 0 heterocycles. The number of para-hydroxylation sites is 1. The minimum absolute atomic E-state index is 0.343. The fraction of sp³-hybridized carbons (Fsp3) is 0.323. The zero-order valence-electron chi connectivity index (χ0n) is 20.5. The van der Waals surface area contributed by atoms with Gasteiger partial charge in [0.15, 0.2) is 0 Å². The van der Waals surface area contributed by atoms with Gasteiger partial charge in [-0.2, -0.15) is 0 Å². The van der Waals surface area contributed by atoms with E-state index in [9.17, 15) is 9.90 Å². The van der Waals surface area contributed by atoms with Gasteiger partial charge < -0.3 is 9.84 Å². The molecule has 1 N–H and O–H groups in total. The quantitative estimate of drug-likeness (QED) is 0.167. The monoisotopic (exact) mass is 534 g/mol. The van der Waals surface area contributed by atoms with E-state index in [1.807, 2.05) is 37.3 Å². The Morgan fingerprint density at radius 2 is 1.74 bits per heavy atom. The van der Waals surface area contributed by atoms with Crippen LogP contribution in [-0.2, 0) is 12.8 Å². The molecule has 4 heteroatoms. The summed E-state index contributed by atoms with van der Waals surface area (Å²) >= 11 is 3.58. The second-order valence-electron chi connectivity index (χ2n) is 8.94. The Bertz CT molecular complexity index is 1090. The molecule has 0 bridgehead atoms. The molecule has 0 saturated heterocycles. The number of halogens is 1. The summed E-state index contributed by atoms with van der Waals surface area (Å²) in [7, 11) is 0. The summed E-state index contributed by atoms with van der Waals surface area (Å²) in [5.74, 6) is 0.389. The summed E-state index contributed by atoms with van der Waals surface area (Å²) < 4.78 is 6.14. The number of aryl methyl sites for hydroxylation is 2. The van der Waals surface area contributed by atoms with E-state index < -0.39 is 5.97 Å². The van der Waals surface area contributed by atoms with Crippen LogP contribution in [0.15, 0.2) is 78.9 Å². The maximum atomic E-state index is 11.3. The van der Waals surface area contributed by atoms with Crippen LogP contribution in [0.1, 0.15) is 58.3 Å². The summed E-state index contributed by atoms with van der Waals surface area (Å²) in [5.41, 5.74) is 4.82. The number of ether oxygens (including phenoxy) is 1. The molecule has 0 saturated carbocycles. The summed E-state index contributed by atoms with van der Waals surface area (Å²) in [4.78, 5) is 11.3. The SMILES string of the molecule is Cc1cc(CC(/C=C/c2ccccc2OCCCCCc2ccccc2)CCBr)ccc1C(=O)O. The predicted molar refractivity (Wildman–Crippen MR) is 149 cm³/mol. The Balaban J connectivity index is 1.53. The molecular formula is C31H35BrO3. The number of carboxylic acid groups (broad SMARTS) is 1. The highest BCUT2D eigenvalue weighted by Gasteiger charge is 2.11. The topological polar surface area (TPSA) is 46.5 Å². The Kier molecular flexibility index (Phi) is 11.1. The number of benzene rings is 3. The molecule has 0 spiro atoms. The summed E-state index contributed by atoms with van der Waals surface area (Å²) in [6.07, 6.45) is 10.8. The number of hydrogen-bond donors (Lipinski definition) is 1. The van der Waals surface area contributed by atoms with Crippen molar-refractivity contribution in [1.82, 2.24) is 0 Å². The van der Waals surface area contributed by atoms with Crippen molar-refractivity contribution in [1.29, 1.82) is 0 Å². The average Bonchev–Trinajstić information content (AvgIpc) is 2.86. The Hall–Kier alpha value is -2.85. The molecular weight excluding hydrogens is 500 g/mol. The highest BCUT2D eigenvalue weighted by atomic mass is 79.9. The minimum atomic E-state index is -0.876. The van der Waals surface area contributed by atoms with Crippen LogP contribution in [-0.4, -0.2) is 23.0 Å². The second-order valence-corrected chi connectivity index (χ2v) is 9.73. The molecule has 0 aliphatic rings. The number of alkyl halides is 1. The maximum Gasteiger partial charge on any atom is 0.335 e. The summed E-state index contributed by atoms with van der Waals surface area (Å²) in [6, 6.07) is 24.5. The minimum Gasteiger partial charge on any atom is -0.493 e. The molecule has 3 rings (SSSR count). The first-order valence-electron chi connectivity index (χ1n) is 12.4. The lowest BCUT2D eigenvalue weighted by molar-refractivity contribution is 0.0696. The lowest BCUT2D eigenvalue weighted by Crippen LogP contribution is -2.05. The fourth-order valence-corrected chi connectivity index (χ4v) is 4.81. The molecule has 3 aromatic rings. The van der Waals surface area contributed by atoms with Crippen LogP contribution >= 0.6 is 15.9 Å². The Morgan fingerprint density at radius 1 is 0.971 bits per heavy atom. The molecule has 0 radical (unpaired) electrons. The number of aromatic carboxylic acids is 1. The average molecular weight is 536 g/mol. The van der Waals surface area contributed by atoms with Crippen molar-refractivity contribution in [3.05, 3.63) is 107 Å². The third-order valence-corrected chi connectivity index (χ3v) is 6.63. The van der Waals surface area contributed by atoms with E-state index >= 15 is 0 Å². The lowest BCUT2D eigenvalue weighted by Gasteiger charge is -2.14. The second kappa shape index (κ2) is 14.5. The maximum absolute atomic E-state index is 11.3. The fourth-order valence-electron chi connectivity index (χ4n) is 4.23. The largest absolute Gasteiger partial charge is 0.493 e. The number of rotatable bonds is 14. The van der Waals surface area contributed by atoms with E-state index in [1.54, 1.807) is 6.07 Å². The van der Waals surface area contributed by atoms with Gasteiger partial charge in [-0.3, -0.25) is 0 Å². The van der Waals surface area contributed by atoms with Gasteiger partial charge in [0.05, 0.1) is 12.2 Å². The van der Waals surface area contributed by atoms with Crippen LogP contribution in [0, 0.1) is 12.8 Å². The van der Waals surface area contributed by atoms with Gasteiger partial charge in [0.2, 0.25) is 0 Å². The van der Waals surface area contributed by atoms with Crippen molar-refractivity contribution >= 4 is 28.0 Å². The first-order valence-corrected chi connectivity index (χ1v) is 13.5. The van der Waals surface area contributed by atoms with Gasteiger partial charge in [-0.25, -0.2) is 4.79 Å². The summed E-state index contributed by atoms with van der Waals surface area (Å²) in [5, 5.41) is 10.2. The molecule has 0 fully saturated rings. The van der Waals surface area contributed by atoms with Gasteiger partial charge in [-0.05, 0) is 80.2 Å². The Morgan fingerprint density at radius 3 is 2.49 bits per heavy atom. The van der Waals surface area contributed by atoms with Crippen molar-refractivity contribution in [3.8, 4) is 5.75 Å². The number of hydrogen-bond acceptors (Lipinski definition) is 2. The van der Waals surface area contributed by atoms with Crippen LogP contribution in [0.5, 0.6) is 5.75 Å². The number of allylic oxidation sites excluding steroid dienone is 1. The molecule has 35 heavy (non-hydrogen) atoms. The standard InChI is InChI=1S/C31H35BrO3/c1-24-22-27(16-18-29(24)31(33)34)23-26(19-20-32)15-17-28-13-7-8-14-30(28)35-21-9-3-6-12-25-10-4-2-5-11-25/h2,4-5,7-8,10-11,13-18,22,26H,3,6,9,12,19-21,23H2,1H3,(H,33,34)/b17-15+. The van der Waals surface area contributed by atoms with Crippen LogP contribution in [0.3, 0.4) is 0 Å². The van der Waals surface area contributed by atoms with E-state index in [0.29, 0.717) is 11.5 Å². The zero-order valence-corrected chi connectivity index (χ0v) is 22.0. The third-order valence-electron chi connectivity index (χ3n) is 6.18. The van der Waals surface area contributed by atoms with E-state index in [-0.39, 0.29) is 0 Å². The van der Waals surface area contributed by atoms with E-state index in [0.717, 1.165) is 66.5 Å². The molecule has 1 atom stereocenters.